The summed E-state index contributed by atoms with van der Waals surface area (Å²) in [6.07, 6.45) is 4.77. The number of rotatable bonds is 6. The quantitative estimate of drug-likeness (QED) is 0.494. The molecule has 0 saturated heterocycles. The summed E-state index contributed by atoms with van der Waals surface area (Å²) >= 11 is 0. The summed E-state index contributed by atoms with van der Waals surface area (Å²) in [4.78, 5) is 23.7. The molecule has 4 heteroatoms. The first-order chi connectivity index (χ1) is 10.7. The largest absolute Gasteiger partial charge is 0.386 e. The molecule has 0 aromatic heterocycles. The van der Waals surface area contributed by atoms with Crippen molar-refractivity contribution in [3.8, 4) is 0 Å². The number of benzene rings is 2. The van der Waals surface area contributed by atoms with Gasteiger partial charge in [0.25, 0.3) is 0 Å². The van der Waals surface area contributed by atoms with Crippen LogP contribution in [0, 0.1) is 0 Å². The summed E-state index contributed by atoms with van der Waals surface area (Å²) in [5.74, 6) is -1.13. The average molecular weight is 297 g/mol. The maximum Gasteiger partial charge on any atom is 0.346 e. The third-order valence-electron chi connectivity index (χ3n) is 4.01. The smallest absolute Gasteiger partial charge is 0.346 e. The lowest BCUT2D eigenvalue weighted by Gasteiger charge is -2.18. The zero-order chi connectivity index (χ0) is 15.5. The Bertz CT molecular complexity index is 716. The van der Waals surface area contributed by atoms with Crippen LogP contribution < -0.4 is 5.32 Å². The first-order valence-corrected chi connectivity index (χ1v) is 7.78. The lowest BCUT2D eigenvalue weighted by molar-refractivity contribution is 0.0391. The van der Waals surface area contributed by atoms with Crippen LogP contribution in [0.25, 0.3) is 10.8 Å². The second-order valence-electron chi connectivity index (χ2n) is 5.55. The molecule has 0 aliphatic carbocycles. The highest BCUT2D eigenvalue weighted by Gasteiger charge is 2.27. The van der Waals surface area contributed by atoms with Gasteiger partial charge in [-0.15, -0.1) is 0 Å². The van der Waals surface area contributed by atoms with Crippen LogP contribution in [0.3, 0.4) is 0 Å². The van der Waals surface area contributed by atoms with Gasteiger partial charge >= 0.3 is 11.9 Å². The van der Waals surface area contributed by atoms with Gasteiger partial charge < -0.3 is 10.1 Å². The maximum atomic E-state index is 11.9. The van der Waals surface area contributed by atoms with Crippen molar-refractivity contribution in [2.24, 2.45) is 0 Å². The molecule has 1 aliphatic heterocycles. The summed E-state index contributed by atoms with van der Waals surface area (Å²) in [6.45, 7) is 3.08. The molecule has 0 saturated carbocycles. The number of ether oxygens (including phenoxy) is 1. The lowest BCUT2D eigenvalue weighted by atomic mass is 9.96. The van der Waals surface area contributed by atoms with Crippen LogP contribution >= 0.6 is 0 Å². The van der Waals surface area contributed by atoms with Crippen LogP contribution in [0.2, 0.25) is 0 Å². The molecule has 1 heterocycles. The molecule has 1 aliphatic rings. The van der Waals surface area contributed by atoms with Gasteiger partial charge in [-0.05, 0) is 24.6 Å². The maximum absolute atomic E-state index is 11.9. The van der Waals surface area contributed by atoms with Crippen LogP contribution in [0.1, 0.15) is 53.3 Å². The van der Waals surface area contributed by atoms with Crippen molar-refractivity contribution in [2.45, 2.75) is 32.6 Å². The minimum atomic E-state index is -0.566. The van der Waals surface area contributed by atoms with E-state index in [9.17, 15) is 9.59 Å². The fourth-order valence-corrected chi connectivity index (χ4v) is 2.87. The van der Waals surface area contributed by atoms with E-state index in [-0.39, 0.29) is 0 Å². The van der Waals surface area contributed by atoms with E-state index in [1.807, 2.05) is 18.2 Å². The van der Waals surface area contributed by atoms with E-state index in [2.05, 4.69) is 12.2 Å². The number of hydrogen-bond donors (Lipinski definition) is 1. The number of unbranched alkanes of at least 4 members (excludes halogenated alkanes) is 3. The van der Waals surface area contributed by atoms with Crippen molar-refractivity contribution in [1.29, 1.82) is 0 Å². The highest BCUT2D eigenvalue weighted by molar-refractivity contribution is 6.22. The highest BCUT2D eigenvalue weighted by Crippen LogP contribution is 2.33. The molecule has 0 amide bonds. The van der Waals surface area contributed by atoms with E-state index in [0.29, 0.717) is 16.5 Å². The van der Waals surface area contributed by atoms with Crippen molar-refractivity contribution in [2.75, 3.05) is 11.9 Å². The molecule has 0 fully saturated rings. The Labute approximate surface area is 129 Å². The van der Waals surface area contributed by atoms with Crippen LogP contribution in [-0.4, -0.2) is 18.5 Å². The monoisotopic (exact) mass is 297 g/mol. The van der Waals surface area contributed by atoms with Crippen molar-refractivity contribution in [3.05, 3.63) is 41.5 Å². The standard InChI is InChI=1S/C18H19NO3/c1-2-3-4-5-11-19-15-10-9-14-16-12(15)7-6-8-13(16)17(20)22-18(14)21/h6-10,19H,2-5,11H2,1H3. The molecule has 2 aromatic carbocycles. The zero-order valence-corrected chi connectivity index (χ0v) is 12.6. The third-order valence-corrected chi connectivity index (χ3v) is 4.01. The Morgan fingerprint density at radius 2 is 1.73 bits per heavy atom. The fourth-order valence-electron chi connectivity index (χ4n) is 2.87. The van der Waals surface area contributed by atoms with E-state index in [4.69, 9.17) is 4.74 Å². The Hall–Kier alpha value is -2.36. The van der Waals surface area contributed by atoms with E-state index >= 15 is 0 Å². The number of carbonyl (C=O) groups is 2. The molecule has 4 nitrogen and oxygen atoms in total. The van der Waals surface area contributed by atoms with Crippen molar-refractivity contribution in [1.82, 2.24) is 0 Å². The predicted molar refractivity (Wildman–Crippen MR) is 86.3 cm³/mol. The van der Waals surface area contributed by atoms with Crippen LogP contribution in [-0.2, 0) is 4.74 Å². The second-order valence-corrected chi connectivity index (χ2v) is 5.55. The summed E-state index contributed by atoms with van der Waals surface area (Å²) in [5, 5.41) is 5.01. The Morgan fingerprint density at radius 3 is 2.50 bits per heavy atom. The molecule has 0 radical (unpaired) electrons. The molecular formula is C18H19NO3. The molecule has 0 bridgehead atoms. The second kappa shape index (κ2) is 6.18. The molecule has 22 heavy (non-hydrogen) atoms. The molecule has 114 valence electrons. The van der Waals surface area contributed by atoms with Gasteiger partial charge in [0.1, 0.15) is 0 Å². The van der Waals surface area contributed by atoms with Gasteiger partial charge in [0.2, 0.25) is 0 Å². The van der Waals surface area contributed by atoms with Crippen LogP contribution in [0.15, 0.2) is 30.3 Å². The van der Waals surface area contributed by atoms with Gasteiger partial charge in [-0.25, -0.2) is 9.59 Å². The number of nitrogens with one attached hydrogen (secondary N) is 1. The SMILES string of the molecule is CCCCCCNc1ccc2c3c(cccc13)C(=O)OC2=O. The lowest BCUT2D eigenvalue weighted by Crippen LogP contribution is -2.19. The minimum Gasteiger partial charge on any atom is -0.386 e. The molecular weight excluding hydrogens is 278 g/mol. The van der Waals surface area contributed by atoms with Gasteiger partial charge in [-0.2, -0.15) is 0 Å². The normalized spacial score (nSPS) is 13.3. The number of esters is 2. The van der Waals surface area contributed by atoms with Gasteiger partial charge in [0.15, 0.2) is 0 Å². The zero-order valence-electron chi connectivity index (χ0n) is 12.6. The summed E-state index contributed by atoms with van der Waals surface area (Å²) < 4.78 is 4.77. The number of carbonyl (C=O) groups excluding carboxylic acids is 2. The van der Waals surface area contributed by atoms with E-state index in [1.54, 1.807) is 12.1 Å². The van der Waals surface area contributed by atoms with Crippen molar-refractivity contribution >= 4 is 28.4 Å². The molecule has 1 N–H and O–H groups in total. The van der Waals surface area contributed by atoms with Crippen LogP contribution in [0.4, 0.5) is 5.69 Å². The first kappa shape index (κ1) is 14.6. The summed E-state index contributed by atoms with van der Waals surface area (Å²) in [5.41, 5.74) is 1.88. The molecule has 0 unspecified atom stereocenters. The first-order valence-electron chi connectivity index (χ1n) is 7.78. The Kier molecular flexibility index (Phi) is 4.09. The predicted octanol–water partition coefficient (Wildman–Crippen LogP) is 4.14. The topological polar surface area (TPSA) is 55.4 Å². The number of cyclic esters (lactones) is 2. The molecule has 2 aromatic rings. The fraction of sp³-hybridized carbons (Fsp3) is 0.333. The summed E-state index contributed by atoms with van der Waals surface area (Å²) in [6, 6.07) is 9.07. The van der Waals surface area contributed by atoms with E-state index in [0.717, 1.165) is 24.0 Å². The third kappa shape index (κ3) is 2.56. The average Bonchev–Trinajstić information content (AvgIpc) is 2.53. The Morgan fingerprint density at radius 1 is 0.955 bits per heavy atom. The van der Waals surface area contributed by atoms with Gasteiger partial charge in [-0.3, -0.25) is 0 Å². The molecule has 3 rings (SSSR count). The van der Waals surface area contributed by atoms with E-state index in [1.165, 1.54) is 19.3 Å². The Balaban J connectivity index is 1.93. The van der Waals surface area contributed by atoms with Gasteiger partial charge in [0, 0.05) is 23.0 Å². The summed E-state index contributed by atoms with van der Waals surface area (Å²) in [7, 11) is 0. The molecule has 0 atom stereocenters. The number of anilines is 1. The molecule has 0 spiro atoms. The van der Waals surface area contributed by atoms with Gasteiger partial charge in [-0.1, -0.05) is 38.3 Å². The van der Waals surface area contributed by atoms with Crippen molar-refractivity contribution in [3.63, 3.8) is 0 Å². The van der Waals surface area contributed by atoms with Crippen molar-refractivity contribution < 1.29 is 14.3 Å². The van der Waals surface area contributed by atoms with E-state index < -0.39 is 11.9 Å². The number of hydrogen-bond acceptors (Lipinski definition) is 4. The highest BCUT2D eigenvalue weighted by atomic mass is 16.6. The minimum absolute atomic E-state index is 0.460. The van der Waals surface area contributed by atoms with Crippen LogP contribution in [0.5, 0.6) is 0 Å². The van der Waals surface area contributed by atoms with Gasteiger partial charge in [0.05, 0.1) is 11.1 Å².